The average molecular weight is 513 g/mol. The molecule has 0 bridgehead atoms. The largest absolute Gasteiger partial charge is 0.481 e. The number of aliphatic carboxylic acids is 3. The summed E-state index contributed by atoms with van der Waals surface area (Å²) in [6, 6.07) is 0. The van der Waals surface area contributed by atoms with E-state index in [9.17, 15) is 29.7 Å². The summed E-state index contributed by atoms with van der Waals surface area (Å²) >= 11 is 0. The molecule has 0 aliphatic heterocycles. The molecule has 210 valence electrons. The first-order valence-electron chi connectivity index (χ1n) is 14.2. The smallest absolute Gasteiger partial charge is 0.306 e. The number of carbonyl (C=O) groups is 3. The monoisotopic (exact) mass is 512 g/mol. The molecule has 0 aromatic carbocycles. The Bertz CT molecular complexity index is 588. The second-order valence-electron chi connectivity index (χ2n) is 10.9. The normalized spacial score (nSPS) is 15.9. The van der Waals surface area contributed by atoms with E-state index in [1.807, 2.05) is 0 Å². The number of carboxylic acids is 3. The van der Waals surface area contributed by atoms with Crippen molar-refractivity contribution in [1.29, 1.82) is 0 Å². The Morgan fingerprint density at radius 1 is 0.611 bits per heavy atom. The van der Waals surface area contributed by atoms with Crippen LogP contribution in [-0.4, -0.2) is 63.9 Å². The Balaban J connectivity index is 5.04. The second-order valence-corrected chi connectivity index (χ2v) is 10.9. The molecule has 3 unspecified atom stereocenters. The van der Waals surface area contributed by atoms with Crippen molar-refractivity contribution in [3.63, 3.8) is 0 Å². The molecule has 7 heteroatoms. The van der Waals surface area contributed by atoms with Gasteiger partial charge in [-0.05, 0) is 18.9 Å². The lowest BCUT2D eigenvalue weighted by atomic mass is 10.0. The highest BCUT2D eigenvalue weighted by Gasteiger charge is 2.31. The summed E-state index contributed by atoms with van der Waals surface area (Å²) < 4.78 is 0.529. The van der Waals surface area contributed by atoms with E-state index >= 15 is 0 Å². The van der Waals surface area contributed by atoms with Gasteiger partial charge in [-0.15, -0.1) is 0 Å². The minimum atomic E-state index is -0.841. The zero-order chi connectivity index (χ0) is 27.4. The number of nitrogens with zero attached hydrogens (tertiary/aromatic N) is 1. The van der Waals surface area contributed by atoms with Crippen molar-refractivity contribution in [1.82, 2.24) is 0 Å². The van der Waals surface area contributed by atoms with Gasteiger partial charge in [0.15, 0.2) is 0 Å². The molecule has 0 aromatic heterocycles. The van der Waals surface area contributed by atoms with Crippen LogP contribution in [0.1, 0.15) is 111 Å². The van der Waals surface area contributed by atoms with Crippen molar-refractivity contribution >= 4 is 17.9 Å². The van der Waals surface area contributed by atoms with Crippen LogP contribution in [0.2, 0.25) is 0 Å². The molecule has 0 fully saturated rings. The van der Waals surface area contributed by atoms with Gasteiger partial charge in [0, 0.05) is 19.3 Å². The van der Waals surface area contributed by atoms with Crippen LogP contribution in [0.3, 0.4) is 0 Å². The van der Waals surface area contributed by atoms with Crippen molar-refractivity contribution in [2.75, 3.05) is 26.2 Å². The van der Waals surface area contributed by atoms with E-state index in [4.69, 9.17) is 0 Å². The molecule has 0 radical (unpaired) electrons. The van der Waals surface area contributed by atoms with Crippen LogP contribution < -0.4 is 0 Å². The summed E-state index contributed by atoms with van der Waals surface area (Å²) in [5, 5.41) is 28.1. The summed E-state index contributed by atoms with van der Waals surface area (Å²) in [6.07, 6.45) is 18.3. The molecule has 0 amide bonds. The van der Waals surface area contributed by atoms with E-state index in [2.05, 4.69) is 19.1 Å². The fourth-order valence-corrected chi connectivity index (χ4v) is 4.37. The van der Waals surface area contributed by atoms with E-state index in [0.717, 1.165) is 12.8 Å². The van der Waals surface area contributed by atoms with Gasteiger partial charge in [-0.25, -0.2) is 0 Å². The average Bonchev–Trinajstić information content (AvgIpc) is 2.84. The summed E-state index contributed by atoms with van der Waals surface area (Å²) in [4.78, 5) is 34.3. The Morgan fingerprint density at radius 2 is 0.972 bits per heavy atom. The van der Waals surface area contributed by atoms with E-state index < -0.39 is 35.7 Å². The summed E-state index contributed by atoms with van der Waals surface area (Å²) in [5.74, 6) is -4.02. The molecular formula is C29H54NO6+. The minimum Gasteiger partial charge on any atom is -0.481 e. The van der Waals surface area contributed by atoms with Crippen LogP contribution in [0.15, 0.2) is 12.2 Å². The summed E-state index contributed by atoms with van der Waals surface area (Å²) in [5.41, 5.74) is 0. The molecule has 7 nitrogen and oxygen atoms in total. The Kier molecular flexibility index (Phi) is 19.1. The fraction of sp³-hybridized carbons (Fsp3) is 0.828. The van der Waals surface area contributed by atoms with Gasteiger partial charge in [-0.1, -0.05) is 85.1 Å². The summed E-state index contributed by atoms with van der Waals surface area (Å²) in [6.45, 7) is 9.75. The first-order valence-corrected chi connectivity index (χ1v) is 14.2. The van der Waals surface area contributed by atoms with Crippen molar-refractivity contribution in [3.8, 4) is 0 Å². The van der Waals surface area contributed by atoms with Gasteiger partial charge in [0.25, 0.3) is 0 Å². The van der Waals surface area contributed by atoms with Crippen molar-refractivity contribution < 1.29 is 34.2 Å². The number of rotatable bonds is 24. The van der Waals surface area contributed by atoms with Gasteiger partial charge in [-0.2, -0.15) is 0 Å². The third-order valence-electron chi connectivity index (χ3n) is 7.51. The standard InChI is InChI=1S/C29H53NO6/c1-5-6-7-8-9-10-11-12-13-14-15-16-20-30(21-17-24(2)27(31)32,22-18-25(3)28(33)34)23-19-26(4)29(35)36/h15-16,24-26H,5-14,17-23H2,1-4H3,(H2-,31,32,33,34,35,36)/p+1/b16-15+. The Labute approximate surface area is 219 Å². The molecule has 0 heterocycles. The van der Waals surface area contributed by atoms with Crippen molar-refractivity contribution in [2.24, 2.45) is 17.8 Å². The molecule has 0 spiro atoms. The van der Waals surface area contributed by atoms with E-state index in [1.54, 1.807) is 20.8 Å². The van der Waals surface area contributed by atoms with E-state index in [1.165, 1.54) is 51.4 Å². The molecule has 0 aliphatic carbocycles. The lowest BCUT2D eigenvalue weighted by molar-refractivity contribution is -0.924. The molecule has 0 saturated carbocycles. The third kappa shape index (κ3) is 16.7. The number of quaternary nitrogens is 1. The van der Waals surface area contributed by atoms with Gasteiger partial charge in [0.1, 0.15) is 0 Å². The van der Waals surface area contributed by atoms with Crippen molar-refractivity contribution in [3.05, 3.63) is 12.2 Å². The molecule has 0 saturated heterocycles. The lowest BCUT2D eigenvalue weighted by Crippen LogP contribution is -2.52. The molecule has 0 aromatic rings. The highest BCUT2D eigenvalue weighted by Crippen LogP contribution is 2.20. The minimum absolute atomic E-state index is 0.477. The maximum absolute atomic E-state index is 11.4. The van der Waals surface area contributed by atoms with Crippen LogP contribution in [0.5, 0.6) is 0 Å². The maximum atomic E-state index is 11.4. The predicted octanol–water partition coefficient (Wildman–Crippen LogP) is 6.61. The molecular weight excluding hydrogens is 458 g/mol. The van der Waals surface area contributed by atoms with Crippen LogP contribution >= 0.6 is 0 Å². The number of unbranched alkanes of at least 4 members (excludes halogenated alkanes) is 9. The van der Waals surface area contributed by atoms with Crippen molar-refractivity contribution in [2.45, 2.75) is 111 Å². The van der Waals surface area contributed by atoms with E-state index in [-0.39, 0.29) is 0 Å². The van der Waals surface area contributed by atoms with Crippen LogP contribution in [-0.2, 0) is 14.4 Å². The first kappa shape index (κ1) is 34.1. The van der Waals surface area contributed by atoms with E-state index in [0.29, 0.717) is 49.9 Å². The second kappa shape index (κ2) is 20.2. The number of carboxylic acid groups (broad SMARTS) is 3. The van der Waals surface area contributed by atoms with Gasteiger partial charge in [0.2, 0.25) is 0 Å². The molecule has 0 aliphatic rings. The van der Waals surface area contributed by atoms with Crippen LogP contribution in [0, 0.1) is 17.8 Å². The quantitative estimate of drug-likeness (QED) is 0.0762. The molecule has 0 rings (SSSR count). The first-order chi connectivity index (χ1) is 17.0. The predicted molar refractivity (Wildman–Crippen MR) is 145 cm³/mol. The van der Waals surface area contributed by atoms with Gasteiger partial charge >= 0.3 is 17.9 Å². The topological polar surface area (TPSA) is 112 Å². The SMILES string of the molecule is CCCCCCCCCCC/C=C/C[N+](CCC(C)C(=O)O)(CCC(C)C(=O)O)CCC(C)C(=O)O. The molecule has 3 N–H and O–H groups in total. The summed E-state index contributed by atoms with van der Waals surface area (Å²) in [7, 11) is 0. The third-order valence-corrected chi connectivity index (χ3v) is 7.51. The van der Waals surface area contributed by atoms with Gasteiger partial charge in [0.05, 0.1) is 43.9 Å². The van der Waals surface area contributed by atoms with Gasteiger partial charge < -0.3 is 19.8 Å². The Hall–Kier alpha value is -1.89. The highest BCUT2D eigenvalue weighted by molar-refractivity contribution is 5.70. The number of allylic oxidation sites excluding steroid dienone is 1. The van der Waals surface area contributed by atoms with Crippen LogP contribution in [0.25, 0.3) is 0 Å². The Morgan fingerprint density at radius 3 is 1.33 bits per heavy atom. The van der Waals surface area contributed by atoms with Crippen LogP contribution in [0.4, 0.5) is 0 Å². The molecule has 3 atom stereocenters. The zero-order valence-electron chi connectivity index (χ0n) is 23.4. The van der Waals surface area contributed by atoms with Gasteiger partial charge in [-0.3, -0.25) is 14.4 Å². The highest BCUT2D eigenvalue weighted by atomic mass is 16.4. The maximum Gasteiger partial charge on any atom is 0.306 e. The fourth-order valence-electron chi connectivity index (χ4n) is 4.37. The number of hydrogen-bond donors (Lipinski definition) is 3. The lowest BCUT2D eigenvalue weighted by Gasteiger charge is -2.39. The zero-order valence-corrected chi connectivity index (χ0v) is 23.4. The number of hydrogen-bond acceptors (Lipinski definition) is 3. The molecule has 36 heavy (non-hydrogen) atoms.